The molecule has 0 saturated heterocycles. The summed E-state index contributed by atoms with van der Waals surface area (Å²) in [4.78, 5) is 35.4. The molecule has 0 spiro atoms. The first-order valence-electron chi connectivity index (χ1n) is 6.02. The second kappa shape index (κ2) is 5.49. The van der Waals surface area contributed by atoms with Crippen LogP contribution in [0.1, 0.15) is 0 Å². The Morgan fingerprint density at radius 2 is 1.96 bits per heavy atom. The Morgan fingerprint density at radius 3 is 2.61 bits per heavy atom. The molecule has 1 aromatic carbocycles. The minimum atomic E-state index is -0.696. The lowest BCUT2D eigenvalue weighted by Gasteiger charge is -2.00. The monoisotopic (exact) mass is 333 g/mol. The molecule has 116 valence electrons. The molecule has 3 aromatic rings. The Balaban J connectivity index is 2.02. The van der Waals surface area contributed by atoms with E-state index in [4.69, 9.17) is 5.73 Å². The van der Waals surface area contributed by atoms with Crippen molar-refractivity contribution in [3.8, 4) is 0 Å². The normalized spacial score (nSPS) is 10.8. The number of imidazole rings is 1. The quantitative estimate of drug-likeness (QED) is 0.535. The number of nitrogens with two attached hydrogens (primary N) is 1. The summed E-state index contributed by atoms with van der Waals surface area (Å²) >= 11 is 0.943. The van der Waals surface area contributed by atoms with Gasteiger partial charge in [0.1, 0.15) is 11.8 Å². The zero-order valence-electron chi connectivity index (χ0n) is 11.2. The summed E-state index contributed by atoms with van der Waals surface area (Å²) in [5, 5.41) is 22.1. The van der Waals surface area contributed by atoms with Gasteiger partial charge in [0.05, 0.1) is 20.8 Å². The molecule has 0 fully saturated rings. The van der Waals surface area contributed by atoms with Crippen LogP contribution in [-0.4, -0.2) is 29.8 Å². The number of nitrogens with one attached hydrogen (secondary N) is 1. The minimum absolute atomic E-state index is 0.200. The first kappa shape index (κ1) is 14.6. The number of nitrogen functional groups attached to an aromatic ring is 1. The highest BCUT2D eigenvalue weighted by molar-refractivity contribution is 7.99. The van der Waals surface area contributed by atoms with Crippen LogP contribution in [0, 0.1) is 20.2 Å². The van der Waals surface area contributed by atoms with Crippen molar-refractivity contribution < 1.29 is 9.85 Å². The molecular weight excluding hydrogens is 326 g/mol. The van der Waals surface area contributed by atoms with Gasteiger partial charge in [0, 0.05) is 6.07 Å². The average Bonchev–Trinajstić information content (AvgIpc) is 2.91. The molecule has 3 N–H and O–H groups in total. The van der Waals surface area contributed by atoms with E-state index in [9.17, 15) is 20.2 Å². The molecule has 0 unspecified atom stereocenters. The molecule has 0 radical (unpaired) electrons. The van der Waals surface area contributed by atoms with Crippen LogP contribution in [0.15, 0.2) is 34.6 Å². The summed E-state index contributed by atoms with van der Waals surface area (Å²) in [6, 6.07) is 3.38. The lowest BCUT2D eigenvalue weighted by atomic mass is 10.3. The van der Waals surface area contributed by atoms with Crippen molar-refractivity contribution in [2.75, 3.05) is 5.73 Å². The molecule has 0 atom stereocenters. The zero-order chi connectivity index (χ0) is 16.6. The zero-order valence-corrected chi connectivity index (χ0v) is 12.0. The Morgan fingerprint density at radius 1 is 1.17 bits per heavy atom. The highest BCUT2D eigenvalue weighted by Gasteiger charge is 2.21. The van der Waals surface area contributed by atoms with Crippen LogP contribution < -0.4 is 5.73 Å². The average molecular weight is 333 g/mol. The van der Waals surface area contributed by atoms with Gasteiger partial charge in [0.15, 0.2) is 16.6 Å². The highest BCUT2D eigenvalue weighted by atomic mass is 32.2. The molecule has 23 heavy (non-hydrogen) atoms. The maximum absolute atomic E-state index is 11.1. The summed E-state index contributed by atoms with van der Waals surface area (Å²) < 4.78 is 0. The molecule has 12 heteroatoms. The van der Waals surface area contributed by atoms with Crippen molar-refractivity contribution in [1.82, 2.24) is 19.9 Å². The number of nitrogens with zero attached hydrogens (tertiary/aromatic N) is 5. The predicted molar refractivity (Wildman–Crippen MR) is 80.0 cm³/mol. The summed E-state index contributed by atoms with van der Waals surface area (Å²) in [5.41, 5.74) is 5.67. The van der Waals surface area contributed by atoms with Gasteiger partial charge in [-0.2, -0.15) is 0 Å². The summed E-state index contributed by atoms with van der Waals surface area (Å²) in [7, 11) is 0. The van der Waals surface area contributed by atoms with E-state index in [-0.39, 0.29) is 22.1 Å². The lowest BCUT2D eigenvalue weighted by Crippen LogP contribution is -1.94. The van der Waals surface area contributed by atoms with Crippen molar-refractivity contribution in [3.05, 3.63) is 44.8 Å². The SMILES string of the molecule is Nc1ncnc2nc(Sc3ccc([N+](=O)[O-])cc3[N+](=O)[O-])[nH]c12. The van der Waals surface area contributed by atoms with E-state index in [1.165, 1.54) is 18.5 Å². The molecule has 0 aliphatic carbocycles. The van der Waals surface area contributed by atoms with Crippen LogP contribution in [0.4, 0.5) is 17.2 Å². The fraction of sp³-hybridized carbons (Fsp3) is 0. The van der Waals surface area contributed by atoms with Crippen LogP contribution in [0.5, 0.6) is 0 Å². The van der Waals surface area contributed by atoms with Crippen molar-refractivity contribution in [2.24, 2.45) is 0 Å². The Bertz CT molecular complexity index is 941. The number of nitro groups is 2. The fourth-order valence-electron chi connectivity index (χ4n) is 1.83. The largest absolute Gasteiger partial charge is 0.382 e. The maximum Gasteiger partial charge on any atom is 0.290 e. The standard InChI is InChI=1S/C11H7N7O4S/c12-9-8-10(14-4-13-9)16-11(15-8)23-7-2-1-5(17(19)20)3-6(7)18(21)22/h1-4H,(H3,12,13,14,15,16). The van der Waals surface area contributed by atoms with E-state index in [2.05, 4.69) is 19.9 Å². The third kappa shape index (κ3) is 2.74. The second-order valence-corrected chi connectivity index (χ2v) is 5.30. The Hall–Kier alpha value is -3.28. The number of benzene rings is 1. The van der Waals surface area contributed by atoms with Gasteiger partial charge in [-0.05, 0) is 17.8 Å². The number of hydrogen-bond donors (Lipinski definition) is 2. The number of anilines is 1. The third-order valence-corrected chi connectivity index (χ3v) is 3.80. The van der Waals surface area contributed by atoms with Gasteiger partial charge in [-0.15, -0.1) is 0 Å². The number of fused-ring (bicyclic) bond motifs is 1. The van der Waals surface area contributed by atoms with Crippen LogP contribution in [0.25, 0.3) is 11.2 Å². The number of aromatic amines is 1. The third-order valence-electron chi connectivity index (χ3n) is 2.85. The molecular formula is C11H7N7O4S. The minimum Gasteiger partial charge on any atom is -0.382 e. The summed E-state index contributed by atoms with van der Waals surface area (Å²) in [6.45, 7) is 0. The first-order chi connectivity index (χ1) is 11.0. The molecule has 0 amide bonds. The van der Waals surface area contributed by atoms with E-state index in [1.807, 2.05) is 0 Å². The van der Waals surface area contributed by atoms with Gasteiger partial charge in [0.25, 0.3) is 11.4 Å². The number of hydrogen-bond acceptors (Lipinski definition) is 9. The molecule has 2 aromatic heterocycles. The van der Waals surface area contributed by atoms with Crippen LogP contribution in [0.2, 0.25) is 0 Å². The highest BCUT2D eigenvalue weighted by Crippen LogP contribution is 2.36. The van der Waals surface area contributed by atoms with Gasteiger partial charge in [0.2, 0.25) is 0 Å². The predicted octanol–water partition coefficient (Wildman–Crippen LogP) is 1.90. The molecule has 11 nitrogen and oxygen atoms in total. The van der Waals surface area contributed by atoms with Crippen molar-refractivity contribution in [3.63, 3.8) is 0 Å². The maximum atomic E-state index is 11.1. The summed E-state index contributed by atoms with van der Waals surface area (Å²) in [6.07, 6.45) is 1.25. The van der Waals surface area contributed by atoms with Gasteiger partial charge < -0.3 is 10.7 Å². The van der Waals surface area contributed by atoms with Crippen molar-refractivity contribution in [2.45, 2.75) is 10.1 Å². The number of non-ortho nitro benzene ring substituents is 1. The lowest BCUT2D eigenvalue weighted by molar-refractivity contribution is -0.396. The van der Waals surface area contributed by atoms with E-state index >= 15 is 0 Å². The Labute approximate surface area is 131 Å². The molecule has 2 heterocycles. The first-order valence-corrected chi connectivity index (χ1v) is 6.84. The van der Waals surface area contributed by atoms with Gasteiger partial charge in [-0.3, -0.25) is 20.2 Å². The second-order valence-electron chi connectivity index (χ2n) is 4.27. The molecule has 0 aliphatic rings. The van der Waals surface area contributed by atoms with E-state index in [0.29, 0.717) is 16.3 Å². The van der Waals surface area contributed by atoms with Crippen LogP contribution >= 0.6 is 11.8 Å². The van der Waals surface area contributed by atoms with E-state index in [0.717, 1.165) is 17.8 Å². The Kier molecular flexibility index (Phi) is 3.50. The van der Waals surface area contributed by atoms with Gasteiger partial charge in [-0.1, -0.05) is 0 Å². The van der Waals surface area contributed by atoms with Crippen molar-refractivity contribution >= 4 is 40.1 Å². The number of H-pyrrole nitrogens is 1. The van der Waals surface area contributed by atoms with Crippen LogP contribution in [0.3, 0.4) is 0 Å². The molecule has 0 bridgehead atoms. The smallest absolute Gasteiger partial charge is 0.290 e. The number of nitro benzene ring substituents is 2. The molecule has 3 rings (SSSR count). The van der Waals surface area contributed by atoms with Crippen LogP contribution in [-0.2, 0) is 0 Å². The van der Waals surface area contributed by atoms with Crippen molar-refractivity contribution in [1.29, 1.82) is 0 Å². The number of rotatable bonds is 4. The molecule has 0 aliphatic heterocycles. The van der Waals surface area contributed by atoms with Gasteiger partial charge in [-0.25, -0.2) is 15.0 Å². The number of aromatic nitrogens is 4. The topological polar surface area (TPSA) is 167 Å². The fourth-order valence-corrected chi connectivity index (χ4v) is 2.69. The van der Waals surface area contributed by atoms with Gasteiger partial charge >= 0.3 is 0 Å². The summed E-state index contributed by atoms with van der Waals surface area (Å²) in [5.74, 6) is 0.201. The van der Waals surface area contributed by atoms with E-state index in [1.54, 1.807) is 0 Å². The van der Waals surface area contributed by atoms with E-state index < -0.39 is 9.85 Å². The molecule has 0 saturated carbocycles.